The second-order valence-corrected chi connectivity index (χ2v) is 7.84. The minimum absolute atomic E-state index is 0.0113. The number of benzene rings is 2. The molecule has 0 unspecified atom stereocenters. The van der Waals surface area contributed by atoms with E-state index in [0.29, 0.717) is 0 Å². The van der Waals surface area contributed by atoms with Gasteiger partial charge in [-0.1, -0.05) is 55.1 Å². The third-order valence-electron chi connectivity index (χ3n) is 5.49. The molecule has 26 heavy (non-hydrogen) atoms. The molecule has 0 amide bonds. The monoisotopic (exact) mass is 367 g/mol. The van der Waals surface area contributed by atoms with Crippen molar-refractivity contribution in [3.63, 3.8) is 0 Å². The first-order valence-electron chi connectivity index (χ1n) is 9.70. The summed E-state index contributed by atoms with van der Waals surface area (Å²) in [5.41, 5.74) is 3.49. The van der Waals surface area contributed by atoms with Gasteiger partial charge in [-0.25, -0.2) is 4.99 Å². The van der Waals surface area contributed by atoms with E-state index in [1.54, 1.807) is 0 Å². The third-order valence-corrected chi connectivity index (χ3v) is 5.73. The molecule has 2 aromatic carbocycles. The summed E-state index contributed by atoms with van der Waals surface area (Å²) in [4.78, 5) is 5.00. The molecule has 0 aromatic heterocycles. The maximum Gasteiger partial charge on any atom is 0.128 e. The van der Waals surface area contributed by atoms with Gasteiger partial charge in [0.25, 0.3) is 0 Å². The van der Waals surface area contributed by atoms with Gasteiger partial charge < -0.3 is 10.6 Å². The molecular formula is C22H26ClN3. The zero-order valence-electron chi connectivity index (χ0n) is 15.1. The van der Waals surface area contributed by atoms with Crippen molar-refractivity contribution in [3.8, 4) is 0 Å². The van der Waals surface area contributed by atoms with Crippen LogP contribution >= 0.6 is 11.6 Å². The van der Waals surface area contributed by atoms with Crippen LogP contribution in [0.3, 0.4) is 0 Å². The lowest BCUT2D eigenvalue weighted by molar-refractivity contribution is 0.396. The quantitative estimate of drug-likeness (QED) is 0.678. The number of para-hydroxylation sites is 2. The van der Waals surface area contributed by atoms with Gasteiger partial charge >= 0.3 is 0 Å². The molecule has 1 heterocycles. The van der Waals surface area contributed by atoms with E-state index in [4.69, 9.17) is 16.6 Å². The Kier molecular flexibility index (Phi) is 5.16. The van der Waals surface area contributed by atoms with Crippen LogP contribution in [0.5, 0.6) is 0 Å². The molecule has 1 saturated carbocycles. The topological polar surface area (TPSA) is 36.4 Å². The van der Waals surface area contributed by atoms with Crippen LogP contribution in [-0.2, 0) is 6.42 Å². The number of amidine groups is 1. The maximum absolute atomic E-state index is 6.08. The van der Waals surface area contributed by atoms with Crippen molar-refractivity contribution in [2.75, 3.05) is 11.9 Å². The molecule has 2 aliphatic rings. The number of hydrogen-bond donors (Lipinski definition) is 2. The summed E-state index contributed by atoms with van der Waals surface area (Å²) in [5.74, 6) is 1.13. The fraction of sp³-hybridized carbons (Fsp3) is 0.409. The number of nitrogens with one attached hydrogen (secondary N) is 2. The van der Waals surface area contributed by atoms with Gasteiger partial charge in [0.2, 0.25) is 0 Å². The average molecular weight is 368 g/mol. The molecule has 0 saturated heterocycles. The van der Waals surface area contributed by atoms with Crippen molar-refractivity contribution < 1.29 is 0 Å². The Balaban J connectivity index is 1.45. The zero-order valence-corrected chi connectivity index (χ0v) is 15.9. The van der Waals surface area contributed by atoms with Gasteiger partial charge in [-0.15, -0.1) is 0 Å². The van der Waals surface area contributed by atoms with E-state index in [-0.39, 0.29) is 5.54 Å². The minimum atomic E-state index is -0.0113. The van der Waals surface area contributed by atoms with Crippen LogP contribution in [0.1, 0.15) is 44.1 Å². The van der Waals surface area contributed by atoms with Gasteiger partial charge in [-0.3, -0.25) is 0 Å². The number of rotatable bonds is 4. The van der Waals surface area contributed by atoms with E-state index in [2.05, 4.69) is 47.0 Å². The molecule has 1 spiro atoms. The van der Waals surface area contributed by atoms with Crippen molar-refractivity contribution in [1.82, 2.24) is 5.32 Å². The second-order valence-electron chi connectivity index (χ2n) is 7.41. The van der Waals surface area contributed by atoms with E-state index in [9.17, 15) is 0 Å². The lowest BCUT2D eigenvalue weighted by Crippen LogP contribution is -2.55. The predicted molar refractivity (Wildman–Crippen MR) is 111 cm³/mol. The standard InChI is InChI=1S/C22H26ClN3/c23-18-10-6-8-17(16-18)9-7-15-24-21-22(13-4-1-5-14-22)26-20-12-3-2-11-19(20)25-21/h2-3,6,8,10-12,16,26H,1,4-5,7,9,13-15H2,(H,24,25). The first-order chi connectivity index (χ1) is 12.8. The van der Waals surface area contributed by atoms with E-state index in [1.165, 1.54) is 30.5 Å². The highest BCUT2D eigenvalue weighted by molar-refractivity contribution is 6.30. The first kappa shape index (κ1) is 17.4. The Hall–Kier alpha value is -2.00. The van der Waals surface area contributed by atoms with Crippen LogP contribution in [0.4, 0.5) is 11.4 Å². The minimum Gasteiger partial charge on any atom is -0.372 e. The SMILES string of the molecule is Clc1cccc(CCCNC2=Nc3ccccc3NC23CCCCC3)c1. The first-order valence-corrected chi connectivity index (χ1v) is 10.1. The summed E-state index contributed by atoms with van der Waals surface area (Å²) in [6, 6.07) is 16.5. The molecule has 4 rings (SSSR count). The van der Waals surface area contributed by atoms with Crippen LogP contribution in [0, 0.1) is 0 Å². The molecule has 1 fully saturated rings. The molecule has 4 heteroatoms. The molecule has 2 aromatic rings. The number of halogens is 1. The summed E-state index contributed by atoms with van der Waals surface area (Å²) in [7, 11) is 0. The van der Waals surface area contributed by atoms with Crippen LogP contribution in [0.2, 0.25) is 5.02 Å². The molecular weight excluding hydrogens is 342 g/mol. The highest BCUT2D eigenvalue weighted by Crippen LogP contribution is 2.40. The van der Waals surface area contributed by atoms with Gasteiger partial charge in [-0.05, 0) is 55.5 Å². The lowest BCUT2D eigenvalue weighted by atomic mass is 9.79. The summed E-state index contributed by atoms with van der Waals surface area (Å²) < 4.78 is 0. The molecule has 1 aliphatic carbocycles. The van der Waals surface area contributed by atoms with Gasteiger partial charge in [0.1, 0.15) is 5.84 Å². The maximum atomic E-state index is 6.08. The highest BCUT2D eigenvalue weighted by atomic mass is 35.5. The Morgan fingerprint density at radius 3 is 2.73 bits per heavy atom. The number of nitrogens with zero attached hydrogens (tertiary/aromatic N) is 1. The van der Waals surface area contributed by atoms with Crippen LogP contribution in [0.25, 0.3) is 0 Å². The normalized spacial score (nSPS) is 18.0. The Morgan fingerprint density at radius 2 is 1.88 bits per heavy atom. The van der Waals surface area contributed by atoms with E-state index in [0.717, 1.165) is 48.8 Å². The second kappa shape index (κ2) is 7.71. The number of aryl methyl sites for hydroxylation is 1. The highest BCUT2D eigenvalue weighted by Gasteiger charge is 2.39. The number of hydrogen-bond acceptors (Lipinski definition) is 3. The smallest absolute Gasteiger partial charge is 0.128 e. The number of aliphatic imine (C=N–C) groups is 1. The Bertz CT molecular complexity index is 793. The van der Waals surface area contributed by atoms with Gasteiger partial charge in [0.15, 0.2) is 0 Å². The summed E-state index contributed by atoms with van der Waals surface area (Å²) in [6.07, 6.45) is 8.25. The van der Waals surface area contributed by atoms with E-state index < -0.39 is 0 Å². The molecule has 1 aliphatic heterocycles. The summed E-state index contributed by atoms with van der Waals surface area (Å²) in [6.45, 7) is 0.928. The molecule has 136 valence electrons. The molecule has 2 N–H and O–H groups in total. The largest absolute Gasteiger partial charge is 0.372 e. The third kappa shape index (κ3) is 3.73. The van der Waals surface area contributed by atoms with Crippen LogP contribution < -0.4 is 10.6 Å². The predicted octanol–water partition coefficient (Wildman–Crippen LogP) is 5.72. The Labute approximate surface area is 160 Å². The van der Waals surface area contributed by atoms with Crippen molar-refractivity contribution >= 4 is 28.8 Å². The van der Waals surface area contributed by atoms with E-state index >= 15 is 0 Å². The summed E-state index contributed by atoms with van der Waals surface area (Å²) >= 11 is 6.08. The van der Waals surface area contributed by atoms with Gasteiger partial charge in [0.05, 0.1) is 16.9 Å². The Morgan fingerprint density at radius 1 is 1.04 bits per heavy atom. The average Bonchev–Trinajstić information content (AvgIpc) is 2.66. The fourth-order valence-corrected chi connectivity index (χ4v) is 4.35. The van der Waals surface area contributed by atoms with Crippen molar-refractivity contribution in [2.45, 2.75) is 50.5 Å². The van der Waals surface area contributed by atoms with Gasteiger partial charge in [-0.2, -0.15) is 0 Å². The van der Waals surface area contributed by atoms with E-state index in [1.807, 2.05) is 12.1 Å². The molecule has 0 radical (unpaired) electrons. The lowest BCUT2D eigenvalue weighted by Gasteiger charge is -2.42. The van der Waals surface area contributed by atoms with Crippen LogP contribution in [0.15, 0.2) is 53.5 Å². The number of fused-ring (bicyclic) bond motifs is 1. The number of anilines is 1. The van der Waals surface area contributed by atoms with Crippen molar-refractivity contribution in [1.29, 1.82) is 0 Å². The van der Waals surface area contributed by atoms with Crippen molar-refractivity contribution in [3.05, 3.63) is 59.1 Å². The van der Waals surface area contributed by atoms with Crippen LogP contribution in [-0.4, -0.2) is 17.9 Å². The molecule has 0 atom stereocenters. The molecule has 0 bridgehead atoms. The zero-order chi connectivity index (χ0) is 17.8. The van der Waals surface area contributed by atoms with Crippen molar-refractivity contribution in [2.24, 2.45) is 4.99 Å². The molecule has 3 nitrogen and oxygen atoms in total. The fourth-order valence-electron chi connectivity index (χ4n) is 4.14. The summed E-state index contributed by atoms with van der Waals surface area (Å²) in [5, 5.41) is 8.29. The van der Waals surface area contributed by atoms with Gasteiger partial charge in [0, 0.05) is 11.6 Å².